The minimum absolute atomic E-state index is 0.0589. The van der Waals surface area contributed by atoms with Crippen LogP contribution in [0.15, 0.2) is 52.4 Å². The molecule has 0 bridgehead atoms. The predicted molar refractivity (Wildman–Crippen MR) is 88.6 cm³/mol. The standard InChI is InChI=1S/C18H14FN3O2/c1-22-16-7-6-12(9-20-11-23)8-14(16)18(21-10-17(22)24)13-4-2-3-5-15(13)19/h2-8H,9-10H2,1H3. The van der Waals surface area contributed by atoms with Crippen LogP contribution < -0.4 is 4.90 Å². The molecule has 0 aromatic heterocycles. The van der Waals surface area contributed by atoms with Crippen molar-refractivity contribution in [3.63, 3.8) is 0 Å². The van der Waals surface area contributed by atoms with Gasteiger partial charge in [0.15, 0.2) is 0 Å². The van der Waals surface area contributed by atoms with Crippen LogP contribution in [0.1, 0.15) is 16.7 Å². The average molecular weight is 323 g/mol. The molecule has 1 heterocycles. The largest absolute Gasteiger partial charge is 0.313 e. The molecule has 0 radical (unpaired) electrons. The molecule has 0 fully saturated rings. The van der Waals surface area contributed by atoms with Gasteiger partial charge in [0.1, 0.15) is 12.4 Å². The molecular formula is C18H14FN3O2. The number of hydrogen-bond donors (Lipinski definition) is 0. The van der Waals surface area contributed by atoms with Gasteiger partial charge in [-0.1, -0.05) is 18.2 Å². The van der Waals surface area contributed by atoms with Crippen molar-refractivity contribution in [2.75, 3.05) is 18.5 Å². The van der Waals surface area contributed by atoms with Gasteiger partial charge in [-0.15, -0.1) is 0 Å². The third kappa shape index (κ3) is 2.87. The van der Waals surface area contributed by atoms with Gasteiger partial charge in [0, 0.05) is 18.2 Å². The van der Waals surface area contributed by atoms with Crippen LogP contribution in [0.5, 0.6) is 0 Å². The summed E-state index contributed by atoms with van der Waals surface area (Å²) >= 11 is 0. The van der Waals surface area contributed by atoms with Crippen LogP contribution in [0.3, 0.4) is 0 Å². The Hall–Kier alpha value is -3.11. The van der Waals surface area contributed by atoms with Crippen molar-refractivity contribution in [2.24, 2.45) is 9.98 Å². The average Bonchev–Trinajstić information content (AvgIpc) is 2.71. The Morgan fingerprint density at radius 2 is 2.04 bits per heavy atom. The van der Waals surface area contributed by atoms with Crippen LogP contribution in [0.2, 0.25) is 0 Å². The summed E-state index contributed by atoms with van der Waals surface area (Å²) in [6.45, 7) is 0.107. The molecule has 120 valence electrons. The number of nitrogens with zero attached hydrogens (tertiary/aromatic N) is 3. The quantitative estimate of drug-likeness (QED) is 0.643. The third-order valence-corrected chi connectivity index (χ3v) is 3.88. The fourth-order valence-electron chi connectivity index (χ4n) is 2.64. The second kappa shape index (κ2) is 6.56. The molecule has 0 N–H and O–H groups in total. The van der Waals surface area contributed by atoms with E-state index in [0.29, 0.717) is 22.5 Å². The van der Waals surface area contributed by atoms with Crippen LogP contribution in [0.4, 0.5) is 10.1 Å². The molecule has 2 aromatic rings. The van der Waals surface area contributed by atoms with Gasteiger partial charge in [0.2, 0.25) is 12.0 Å². The Labute approximate surface area is 138 Å². The summed E-state index contributed by atoms with van der Waals surface area (Å²) in [5.74, 6) is -0.586. The first-order chi connectivity index (χ1) is 11.6. The van der Waals surface area contributed by atoms with Crippen molar-refractivity contribution in [1.82, 2.24) is 0 Å². The molecule has 5 nitrogen and oxygen atoms in total. The highest BCUT2D eigenvalue weighted by Gasteiger charge is 2.24. The summed E-state index contributed by atoms with van der Waals surface area (Å²) in [5.41, 5.74) is 2.77. The predicted octanol–water partition coefficient (Wildman–Crippen LogP) is 2.48. The van der Waals surface area contributed by atoms with Crippen LogP contribution >= 0.6 is 0 Å². The number of fused-ring (bicyclic) bond motifs is 1. The SMILES string of the molecule is CN1C(=O)CN=C(c2ccccc2F)c2cc(CN=C=O)ccc21. The molecule has 1 aliphatic rings. The number of carbonyl (C=O) groups excluding carboxylic acids is 2. The van der Waals surface area contributed by atoms with E-state index in [9.17, 15) is 14.0 Å². The maximum atomic E-state index is 14.2. The zero-order valence-corrected chi connectivity index (χ0v) is 13.0. The fourth-order valence-corrected chi connectivity index (χ4v) is 2.64. The molecule has 1 aliphatic heterocycles. The molecule has 0 aliphatic carbocycles. The highest BCUT2D eigenvalue weighted by Crippen LogP contribution is 2.28. The van der Waals surface area contributed by atoms with E-state index >= 15 is 0 Å². The van der Waals surface area contributed by atoms with Crippen LogP contribution in [-0.2, 0) is 16.1 Å². The van der Waals surface area contributed by atoms with E-state index in [1.54, 1.807) is 43.4 Å². The summed E-state index contributed by atoms with van der Waals surface area (Å²) < 4.78 is 14.2. The molecule has 2 aromatic carbocycles. The van der Waals surface area contributed by atoms with E-state index in [1.807, 2.05) is 0 Å². The number of anilines is 1. The number of halogens is 1. The van der Waals surface area contributed by atoms with Gasteiger partial charge in [-0.3, -0.25) is 9.79 Å². The van der Waals surface area contributed by atoms with E-state index in [-0.39, 0.29) is 19.0 Å². The Morgan fingerprint density at radius 1 is 1.25 bits per heavy atom. The zero-order valence-electron chi connectivity index (χ0n) is 13.0. The normalized spacial score (nSPS) is 13.7. The van der Waals surface area contributed by atoms with Gasteiger partial charge < -0.3 is 4.90 Å². The van der Waals surface area contributed by atoms with Crippen LogP contribution in [0, 0.1) is 5.82 Å². The Kier molecular flexibility index (Phi) is 4.31. The lowest BCUT2D eigenvalue weighted by molar-refractivity contribution is -0.116. The molecule has 1 amide bonds. The summed E-state index contributed by atoms with van der Waals surface area (Å²) in [5, 5.41) is 0. The first kappa shape index (κ1) is 15.8. The third-order valence-electron chi connectivity index (χ3n) is 3.88. The van der Waals surface area contributed by atoms with E-state index in [1.165, 1.54) is 17.0 Å². The molecule has 6 heteroatoms. The van der Waals surface area contributed by atoms with Gasteiger partial charge in [0.05, 0.1) is 17.9 Å². The van der Waals surface area contributed by atoms with E-state index in [0.717, 1.165) is 5.56 Å². The molecule has 0 spiro atoms. The number of carbonyl (C=O) groups is 1. The molecule has 0 saturated carbocycles. The monoisotopic (exact) mass is 323 g/mol. The summed E-state index contributed by atoms with van der Waals surface area (Å²) in [6, 6.07) is 11.6. The Balaban J connectivity index is 2.20. The smallest absolute Gasteiger partial charge is 0.248 e. The van der Waals surface area contributed by atoms with E-state index in [4.69, 9.17) is 0 Å². The summed E-state index contributed by atoms with van der Waals surface area (Å²) in [6.07, 6.45) is 1.50. The number of isocyanates is 1. The second-order valence-corrected chi connectivity index (χ2v) is 5.36. The number of rotatable bonds is 3. The molecule has 3 rings (SSSR count). The van der Waals surface area contributed by atoms with Crippen LogP contribution in [0.25, 0.3) is 0 Å². The van der Waals surface area contributed by atoms with Gasteiger partial charge in [-0.25, -0.2) is 14.2 Å². The minimum atomic E-state index is -0.407. The molecule has 0 unspecified atom stereocenters. The van der Waals surface area contributed by atoms with Crippen molar-refractivity contribution >= 4 is 23.4 Å². The van der Waals surface area contributed by atoms with Gasteiger partial charge in [0.25, 0.3) is 0 Å². The van der Waals surface area contributed by atoms with Crippen molar-refractivity contribution in [1.29, 1.82) is 0 Å². The number of benzodiazepines with no additional fused rings is 1. The second-order valence-electron chi connectivity index (χ2n) is 5.36. The first-order valence-electron chi connectivity index (χ1n) is 7.34. The molecule has 0 saturated heterocycles. The summed E-state index contributed by atoms with van der Waals surface area (Å²) in [7, 11) is 1.66. The van der Waals surface area contributed by atoms with Crippen LogP contribution in [-0.4, -0.2) is 31.3 Å². The highest BCUT2D eigenvalue weighted by atomic mass is 19.1. The minimum Gasteiger partial charge on any atom is -0.313 e. The van der Waals surface area contributed by atoms with Crippen molar-refractivity contribution < 1.29 is 14.0 Å². The topological polar surface area (TPSA) is 62.1 Å². The van der Waals surface area contributed by atoms with Crippen molar-refractivity contribution in [3.8, 4) is 0 Å². The fraction of sp³-hybridized carbons (Fsp3) is 0.167. The lowest BCUT2D eigenvalue weighted by atomic mass is 9.97. The van der Waals surface area contributed by atoms with Gasteiger partial charge >= 0.3 is 0 Å². The van der Waals surface area contributed by atoms with Crippen molar-refractivity contribution in [3.05, 3.63) is 65.0 Å². The number of aliphatic imine (C=N–C) groups is 2. The highest BCUT2D eigenvalue weighted by molar-refractivity contribution is 6.19. The first-order valence-corrected chi connectivity index (χ1v) is 7.34. The van der Waals surface area contributed by atoms with E-state index < -0.39 is 5.82 Å². The maximum Gasteiger partial charge on any atom is 0.248 e. The molecule has 0 atom stereocenters. The lowest BCUT2D eigenvalue weighted by Gasteiger charge is -2.18. The molecule has 24 heavy (non-hydrogen) atoms. The van der Waals surface area contributed by atoms with Gasteiger partial charge in [-0.05, 0) is 29.8 Å². The number of amides is 1. The molecular weight excluding hydrogens is 309 g/mol. The lowest BCUT2D eigenvalue weighted by Crippen LogP contribution is -2.27. The summed E-state index contributed by atoms with van der Waals surface area (Å²) in [4.78, 5) is 31.9. The van der Waals surface area contributed by atoms with Gasteiger partial charge in [-0.2, -0.15) is 0 Å². The number of hydrogen-bond acceptors (Lipinski definition) is 4. The number of likely N-dealkylation sites (N-methyl/N-ethyl adjacent to an activating group) is 1. The van der Waals surface area contributed by atoms with Crippen molar-refractivity contribution in [2.45, 2.75) is 6.54 Å². The number of benzene rings is 2. The zero-order chi connectivity index (χ0) is 17.1. The Morgan fingerprint density at radius 3 is 2.79 bits per heavy atom. The van der Waals surface area contributed by atoms with E-state index in [2.05, 4.69) is 9.98 Å². The maximum absolute atomic E-state index is 14.2. The Bertz CT molecular complexity index is 886.